The van der Waals surface area contributed by atoms with E-state index in [1.54, 1.807) is 0 Å². The van der Waals surface area contributed by atoms with Gasteiger partial charge in [0.25, 0.3) is 0 Å². The molecule has 0 aromatic rings. The lowest BCUT2D eigenvalue weighted by molar-refractivity contribution is -0.152. The van der Waals surface area contributed by atoms with Crippen LogP contribution in [0.15, 0.2) is 0 Å². The minimum atomic E-state index is 0.323. The average molecular weight is 185 g/mol. The van der Waals surface area contributed by atoms with E-state index in [9.17, 15) is 0 Å². The molecule has 78 valence electrons. The number of hydrogen-bond acceptors (Lipinski definition) is 2. The summed E-state index contributed by atoms with van der Waals surface area (Å²) in [5, 5.41) is 0. The van der Waals surface area contributed by atoms with Gasteiger partial charge in [0.1, 0.15) is 6.23 Å². The molecule has 1 rings (SSSR count). The second kappa shape index (κ2) is 4.43. The van der Waals surface area contributed by atoms with Crippen LogP contribution in [0.2, 0.25) is 0 Å². The van der Waals surface area contributed by atoms with Gasteiger partial charge in [-0.3, -0.25) is 4.90 Å². The number of ether oxygens (including phenoxy) is 1. The van der Waals surface area contributed by atoms with Crippen LogP contribution in [0, 0.1) is 5.92 Å². The van der Waals surface area contributed by atoms with Crippen molar-refractivity contribution in [3.63, 3.8) is 0 Å². The molecule has 1 aliphatic heterocycles. The van der Waals surface area contributed by atoms with Gasteiger partial charge in [-0.25, -0.2) is 0 Å². The van der Waals surface area contributed by atoms with Crippen LogP contribution in [0.25, 0.3) is 0 Å². The first kappa shape index (κ1) is 11.0. The maximum absolute atomic E-state index is 5.81. The predicted molar refractivity (Wildman–Crippen MR) is 55.6 cm³/mol. The lowest BCUT2D eigenvalue weighted by Gasteiger charge is -2.44. The van der Waals surface area contributed by atoms with Crippen molar-refractivity contribution in [2.75, 3.05) is 6.61 Å². The molecule has 2 heteroatoms. The van der Waals surface area contributed by atoms with Gasteiger partial charge in [0.2, 0.25) is 0 Å². The minimum Gasteiger partial charge on any atom is -0.363 e. The van der Waals surface area contributed by atoms with Crippen molar-refractivity contribution in [1.29, 1.82) is 0 Å². The van der Waals surface area contributed by atoms with Crippen LogP contribution in [-0.2, 0) is 4.74 Å². The van der Waals surface area contributed by atoms with Crippen molar-refractivity contribution in [1.82, 2.24) is 4.90 Å². The van der Waals surface area contributed by atoms with Gasteiger partial charge < -0.3 is 4.74 Å². The van der Waals surface area contributed by atoms with E-state index in [0.717, 1.165) is 6.61 Å². The van der Waals surface area contributed by atoms with E-state index in [-0.39, 0.29) is 0 Å². The van der Waals surface area contributed by atoms with Crippen LogP contribution in [0.5, 0.6) is 0 Å². The molecule has 0 amide bonds. The van der Waals surface area contributed by atoms with Crippen LogP contribution in [0.4, 0.5) is 0 Å². The van der Waals surface area contributed by atoms with Crippen LogP contribution in [0.1, 0.15) is 41.0 Å². The van der Waals surface area contributed by atoms with Gasteiger partial charge in [-0.05, 0) is 33.1 Å². The fourth-order valence-electron chi connectivity index (χ4n) is 2.18. The average Bonchev–Trinajstić information content (AvgIpc) is 2.02. The summed E-state index contributed by atoms with van der Waals surface area (Å²) in [6, 6.07) is 1.25. The molecule has 1 heterocycles. The highest BCUT2D eigenvalue weighted by molar-refractivity contribution is 4.79. The van der Waals surface area contributed by atoms with Crippen molar-refractivity contribution in [3.05, 3.63) is 0 Å². The predicted octanol–water partition coefficient (Wildman–Crippen LogP) is 2.49. The zero-order valence-corrected chi connectivity index (χ0v) is 9.58. The smallest absolute Gasteiger partial charge is 0.113 e. The first-order valence-corrected chi connectivity index (χ1v) is 5.43. The van der Waals surface area contributed by atoms with Crippen molar-refractivity contribution in [2.24, 2.45) is 5.92 Å². The number of hydrogen-bond donors (Lipinski definition) is 0. The molecule has 2 nitrogen and oxygen atoms in total. The summed E-state index contributed by atoms with van der Waals surface area (Å²) < 4.78 is 5.81. The second-order valence-corrected chi connectivity index (χ2v) is 4.68. The van der Waals surface area contributed by atoms with Gasteiger partial charge in [-0.2, -0.15) is 0 Å². The quantitative estimate of drug-likeness (QED) is 0.655. The van der Waals surface area contributed by atoms with E-state index < -0.39 is 0 Å². The third-order valence-electron chi connectivity index (χ3n) is 2.79. The maximum atomic E-state index is 5.81. The molecule has 0 aliphatic carbocycles. The Labute approximate surface area is 82.3 Å². The van der Waals surface area contributed by atoms with E-state index >= 15 is 0 Å². The Balaban J connectivity index is 2.68. The summed E-state index contributed by atoms with van der Waals surface area (Å²) in [6.45, 7) is 12.2. The monoisotopic (exact) mass is 185 g/mol. The topological polar surface area (TPSA) is 12.5 Å². The fraction of sp³-hybridized carbons (Fsp3) is 1.00. The molecule has 0 saturated carbocycles. The normalized spacial score (nSPS) is 31.6. The summed E-state index contributed by atoms with van der Waals surface area (Å²) in [5.74, 6) is 0.588. The number of nitrogens with zero attached hydrogens (tertiary/aromatic N) is 1. The van der Waals surface area contributed by atoms with Gasteiger partial charge in [0.05, 0.1) is 6.61 Å². The Morgan fingerprint density at radius 2 is 1.85 bits per heavy atom. The summed E-state index contributed by atoms with van der Waals surface area (Å²) >= 11 is 0. The van der Waals surface area contributed by atoms with Crippen LogP contribution in [-0.4, -0.2) is 29.8 Å². The Morgan fingerprint density at radius 1 is 1.23 bits per heavy atom. The molecule has 1 fully saturated rings. The van der Waals surface area contributed by atoms with Crippen LogP contribution < -0.4 is 0 Å². The van der Waals surface area contributed by atoms with E-state index in [1.165, 1.54) is 6.42 Å². The van der Waals surface area contributed by atoms with Crippen molar-refractivity contribution < 1.29 is 4.74 Å². The van der Waals surface area contributed by atoms with Gasteiger partial charge in [-0.1, -0.05) is 13.8 Å². The fourth-order valence-corrected chi connectivity index (χ4v) is 2.18. The van der Waals surface area contributed by atoms with Gasteiger partial charge in [0, 0.05) is 12.1 Å². The van der Waals surface area contributed by atoms with E-state index in [1.807, 2.05) is 0 Å². The van der Waals surface area contributed by atoms with E-state index in [4.69, 9.17) is 4.74 Å². The minimum absolute atomic E-state index is 0.323. The zero-order chi connectivity index (χ0) is 10.0. The molecule has 0 radical (unpaired) electrons. The summed E-state index contributed by atoms with van der Waals surface area (Å²) in [6.07, 6.45) is 1.49. The summed E-state index contributed by atoms with van der Waals surface area (Å²) in [7, 11) is 0. The standard InChI is InChI=1S/C11H23NO/c1-8(2)11-12(9(3)4)10(5)6-7-13-11/h8-11H,6-7H2,1-5H3. The van der Waals surface area contributed by atoms with Crippen molar-refractivity contribution in [3.8, 4) is 0 Å². The van der Waals surface area contributed by atoms with Crippen molar-refractivity contribution in [2.45, 2.75) is 59.4 Å². The lowest BCUT2D eigenvalue weighted by Crippen LogP contribution is -2.53. The molecule has 0 aromatic carbocycles. The first-order valence-electron chi connectivity index (χ1n) is 5.43. The largest absolute Gasteiger partial charge is 0.363 e. The molecule has 0 N–H and O–H groups in total. The van der Waals surface area contributed by atoms with Crippen LogP contribution in [0.3, 0.4) is 0 Å². The molecule has 2 atom stereocenters. The van der Waals surface area contributed by atoms with Gasteiger partial charge in [0.15, 0.2) is 0 Å². The molecule has 0 spiro atoms. The lowest BCUT2D eigenvalue weighted by atomic mass is 10.0. The highest BCUT2D eigenvalue weighted by Crippen LogP contribution is 2.24. The molecule has 0 bridgehead atoms. The molecule has 1 saturated heterocycles. The molecule has 1 aliphatic rings. The van der Waals surface area contributed by atoms with Crippen molar-refractivity contribution >= 4 is 0 Å². The number of rotatable bonds is 2. The third kappa shape index (κ3) is 2.44. The van der Waals surface area contributed by atoms with Crippen LogP contribution >= 0.6 is 0 Å². The molecule has 2 unspecified atom stereocenters. The second-order valence-electron chi connectivity index (χ2n) is 4.68. The Kier molecular flexibility index (Phi) is 3.74. The zero-order valence-electron chi connectivity index (χ0n) is 9.58. The Morgan fingerprint density at radius 3 is 2.23 bits per heavy atom. The third-order valence-corrected chi connectivity index (χ3v) is 2.79. The molecular weight excluding hydrogens is 162 g/mol. The Bertz CT molecular complexity index is 156. The molecular formula is C11H23NO. The Hall–Kier alpha value is -0.0800. The van der Waals surface area contributed by atoms with Gasteiger partial charge in [-0.15, -0.1) is 0 Å². The SMILES string of the molecule is CC(C)C1OCCC(C)N1C(C)C. The summed E-state index contributed by atoms with van der Waals surface area (Å²) in [5.41, 5.74) is 0. The van der Waals surface area contributed by atoms with E-state index in [2.05, 4.69) is 39.5 Å². The van der Waals surface area contributed by atoms with E-state index in [0.29, 0.717) is 24.2 Å². The van der Waals surface area contributed by atoms with Gasteiger partial charge >= 0.3 is 0 Å². The highest BCUT2D eigenvalue weighted by Gasteiger charge is 2.32. The first-order chi connectivity index (χ1) is 6.04. The molecule has 0 aromatic heterocycles. The maximum Gasteiger partial charge on any atom is 0.113 e. The summed E-state index contributed by atoms with van der Waals surface area (Å²) in [4.78, 5) is 2.49. The highest BCUT2D eigenvalue weighted by atomic mass is 16.5. The molecule has 13 heavy (non-hydrogen) atoms.